The molecule has 0 aliphatic carbocycles. The average molecular weight is 329 g/mol. The molecule has 8 heteroatoms. The van der Waals surface area contributed by atoms with Gasteiger partial charge in [0.1, 0.15) is 0 Å². The maximum Gasteiger partial charge on any atom is 0.304 e. The number of thioether (sulfide) groups is 1. The number of aliphatic carboxylic acids is 1. The summed E-state index contributed by atoms with van der Waals surface area (Å²) in [6.45, 7) is 1.91. The van der Waals surface area contributed by atoms with Crippen molar-refractivity contribution in [1.82, 2.24) is 0 Å². The van der Waals surface area contributed by atoms with Gasteiger partial charge in [-0.2, -0.15) is 0 Å². The number of sulfone groups is 1. The minimum atomic E-state index is -3.67. The van der Waals surface area contributed by atoms with E-state index in [1.54, 1.807) is 6.07 Å². The number of nitrogens with one attached hydrogen (secondary N) is 1. The largest absolute Gasteiger partial charge is 0.481 e. The number of carbonyl (C=O) groups is 2. The lowest BCUT2D eigenvalue weighted by molar-refractivity contribution is -0.136. The summed E-state index contributed by atoms with van der Waals surface area (Å²) in [5, 5.41) is 11.1. The van der Waals surface area contributed by atoms with Crippen LogP contribution in [0.4, 0.5) is 5.69 Å². The van der Waals surface area contributed by atoms with Crippen molar-refractivity contribution in [1.29, 1.82) is 0 Å². The van der Waals surface area contributed by atoms with E-state index in [0.29, 0.717) is 12.1 Å². The molecule has 1 heterocycles. The molecule has 0 aromatic heterocycles. The van der Waals surface area contributed by atoms with E-state index in [1.165, 1.54) is 23.9 Å². The fraction of sp³-hybridized carbons (Fsp3) is 0.385. The Labute approximate surface area is 126 Å². The number of fused-ring (bicyclic) bond motifs is 1. The second kappa shape index (κ2) is 6.07. The van der Waals surface area contributed by atoms with E-state index in [9.17, 15) is 18.0 Å². The number of hydrogen-bond donors (Lipinski definition) is 2. The van der Waals surface area contributed by atoms with Crippen LogP contribution in [-0.4, -0.2) is 36.4 Å². The van der Waals surface area contributed by atoms with Crippen molar-refractivity contribution in [3.8, 4) is 0 Å². The molecule has 1 aliphatic heterocycles. The topological polar surface area (TPSA) is 101 Å². The number of carboxylic acid groups (broad SMARTS) is 1. The highest BCUT2D eigenvalue weighted by atomic mass is 32.2. The predicted octanol–water partition coefficient (Wildman–Crippen LogP) is 1.76. The summed E-state index contributed by atoms with van der Waals surface area (Å²) >= 11 is 1.40. The van der Waals surface area contributed by atoms with Crippen molar-refractivity contribution in [2.75, 3.05) is 11.1 Å². The average Bonchev–Trinajstić information content (AvgIpc) is 2.44. The van der Waals surface area contributed by atoms with Gasteiger partial charge in [0, 0.05) is 4.90 Å². The highest BCUT2D eigenvalue weighted by Gasteiger charge is 2.27. The molecule has 1 aliphatic rings. The first-order chi connectivity index (χ1) is 9.83. The van der Waals surface area contributed by atoms with E-state index < -0.39 is 28.0 Å². The molecular formula is C13H15NO5S2. The molecule has 1 amide bonds. The lowest BCUT2D eigenvalue weighted by atomic mass is 10.2. The van der Waals surface area contributed by atoms with Gasteiger partial charge in [0.15, 0.2) is 9.84 Å². The Kier molecular flexibility index (Phi) is 4.58. The van der Waals surface area contributed by atoms with Crippen molar-refractivity contribution < 1.29 is 23.1 Å². The van der Waals surface area contributed by atoms with Gasteiger partial charge in [-0.3, -0.25) is 9.59 Å². The molecule has 0 fully saturated rings. The molecule has 0 bridgehead atoms. The van der Waals surface area contributed by atoms with Crippen molar-refractivity contribution >= 4 is 39.2 Å². The van der Waals surface area contributed by atoms with Gasteiger partial charge >= 0.3 is 5.97 Å². The van der Waals surface area contributed by atoms with Crippen LogP contribution in [0.5, 0.6) is 0 Å². The molecular weight excluding hydrogens is 314 g/mol. The van der Waals surface area contributed by atoms with Crippen LogP contribution >= 0.6 is 11.8 Å². The first-order valence-electron chi connectivity index (χ1n) is 6.39. The maximum atomic E-state index is 12.0. The van der Waals surface area contributed by atoms with Gasteiger partial charge in [0.05, 0.1) is 28.0 Å². The van der Waals surface area contributed by atoms with Crippen molar-refractivity contribution in [3.05, 3.63) is 18.2 Å². The lowest BCUT2D eigenvalue weighted by Crippen LogP contribution is -2.28. The number of amides is 1. The van der Waals surface area contributed by atoms with Crippen LogP contribution in [0.25, 0.3) is 0 Å². The predicted molar refractivity (Wildman–Crippen MR) is 79.3 cm³/mol. The fourth-order valence-electron chi connectivity index (χ4n) is 1.93. The van der Waals surface area contributed by atoms with Crippen LogP contribution in [0.3, 0.4) is 0 Å². The molecule has 2 N–H and O–H groups in total. The molecule has 0 saturated carbocycles. The van der Waals surface area contributed by atoms with Gasteiger partial charge < -0.3 is 10.4 Å². The summed E-state index contributed by atoms with van der Waals surface area (Å²) in [6, 6.07) is 4.49. The Bertz CT molecular complexity index is 684. The van der Waals surface area contributed by atoms with Crippen molar-refractivity contribution in [2.45, 2.75) is 34.8 Å². The molecule has 0 saturated heterocycles. The molecule has 21 heavy (non-hydrogen) atoms. The molecule has 6 nitrogen and oxygen atoms in total. The maximum absolute atomic E-state index is 12.0. The van der Waals surface area contributed by atoms with Crippen LogP contribution < -0.4 is 5.32 Å². The van der Waals surface area contributed by atoms with E-state index in [2.05, 4.69) is 5.32 Å². The van der Waals surface area contributed by atoms with Crippen LogP contribution in [0, 0.1) is 0 Å². The highest BCUT2D eigenvalue weighted by molar-refractivity contribution is 8.01. The summed E-state index contributed by atoms with van der Waals surface area (Å²) < 4.78 is 24.1. The molecule has 1 atom stereocenters. The van der Waals surface area contributed by atoms with Crippen LogP contribution in [0.2, 0.25) is 0 Å². The summed E-state index contributed by atoms with van der Waals surface area (Å²) in [6.07, 6.45) is 0.243. The second-order valence-electron chi connectivity index (χ2n) is 4.62. The molecule has 1 aromatic rings. The molecule has 0 spiro atoms. The number of benzene rings is 1. The summed E-state index contributed by atoms with van der Waals surface area (Å²) in [7, 11) is -3.67. The fourth-order valence-corrected chi connectivity index (χ4v) is 4.21. The van der Waals surface area contributed by atoms with Crippen LogP contribution in [0.15, 0.2) is 28.0 Å². The van der Waals surface area contributed by atoms with E-state index >= 15 is 0 Å². The van der Waals surface area contributed by atoms with E-state index in [1.807, 2.05) is 6.92 Å². The van der Waals surface area contributed by atoms with Gasteiger partial charge in [-0.05, 0) is 24.6 Å². The SMILES string of the molecule is CCC1Sc2ccc(S(=O)(=O)CCC(=O)O)cc2NC1=O. The zero-order chi connectivity index (χ0) is 15.6. The summed E-state index contributed by atoms with van der Waals surface area (Å²) in [4.78, 5) is 23.1. The van der Waals surface area contributed by atoms with Crippen LogP contribution in [0.1, 0.15) is 19.8 Å². The normalized spacial score (nSPS) is 18.0. The quantitative estimate of drug-likeness (QED) is 0.853. The number of anilines is 1. The standard InChI is InChI=1S/C13H15NO5S2/c1-2-10-13(17)14-9-7-8(3-4-11(9)20-10)21(18,19)6-5-12(15)16/h3-4,7,10H,2,5-6H2,1H3,(H,14,17)(H,15,16). The number of hydrogen-bond acceptors (Lipinski definition) is 5. The third-order valence-corrected chi connectivity index (χ3v) is 6.24. The van der Waals surface area contributed by atoms with Gasteiger partial charge in [-0.15, -0.1) is 11.8 Å². The van der Waals surface area contributed by atoms with Gasteiger partial charge in [0.25, 0.3) is 0 Å². The first-order valence-corrected chi connectivity index (χ1v) is 8.93. The second-order valence-corrected chi connectivity index (χ2v) is 7.98. The van der Waals surface area contributed by atoms with Crippen molar-refractivity contribution in [3.63, 3.8) is 0 Å². The van der Waals surface area contributed by atoms with E-state index in [0.717, 1.165) is 4.90 Å². The molecule has 2 rings (SSSR count). The minimum Gasteiger partial charge on any atom is -0.481 e. The highest BCUT2D eigenvalue weighted by Crippen LogP contribution is 2.38. The Hall–Kier alpha value is -1.54. The Morgan fingerprint density at radius 3 is 2.76 bits per heavy atom. The smallest absolute Gasteiger partial charge is 0.304 e. The van der Waals surface area contributed by atoms with E-state index in [-0.39, 0.29) is 16.1 Å². The Morgan fingerprint density at radius 2 is 2.14 bits per heavy atom. The number of carbonyl (C=O) groups excluding carboxylic acids is 1. The molecule has 1 aromatic carbocycles. The first kappa shape index (κ1) is 15.8. The summed E-state index contributed by atoms with van der Waals surface area (Å²) in [5.41, 5.74) is 0.464. The Balaban J connectivity index is 2.28. The lowest BCUT2D eigenvalue weighted by Gasteiger charge is -2.23. The summed E-state index contributed by atoms with van der Waals surface area (Å²) in [5.74, 6) is -1.76. The van der Waals surface area contributed by atoms with E-state index in [4.69, 9.17) is 5.11 Å². The zero-order valence-corrected chi connectivity index (χ0v) is 13.0. The molecule has 114 valence electrons. The third-order valence-electron chi connectivity index (χ3n) is 3.09. The van der Waals surface area contributed by atoms with Crippen molar-refractivity contribution in [2.24, 2.45) is 0 Å². The zero-order valence-electron chi connectivity index (χ0n) is 11.3. The van der Waals surface area contributed by atoms with Gasteiger partial charge in [-0.25, -0.2) is 8.42 Å². The number of carboxylic acids is 1. The van der Waals surface area contributed by atoms with Gasteiger partial charge in [0.2, 0.25) is 5.91 Å². The monoisotopic (exact) mass is 329 g/mol. The van der Waals surface area contributed by atoms with Gasteiger partial charge in [-0.1, -0.05) is 6.92 Å². The number of rotatable bonds is 5. The Morgan fingerprint density at radius 1 is 1.43 bits per heavy atom. The minimum absolute atomic E-state index is 0.0262. The van der Waals surface area contributed by atoms with Crippen LogP contribution in [-0.2, 0) is 19.4 Å². The molecule has 1 unspecified atom stereocenters. The molecule has 0 radical (unpaired) electrons. The third kappa shape index (κ3) is 3.56.